The molecule has 0 bridgehead atoms. The first-order valence-electron chi connectivity index (χ1n) is 9.59. The van der Waals surface area contributed by atoms with Crippen molar-refractivity contribution in [3.63, 3.8) is 0 Å². The minimum Gasteiger partial charge on any atom is -0.0688 e. The van der Waals surface area contributed by atoms with Gasteiger partial charge >= 0.3 is 0 Å². The van der Waals surface area contributed by atoms with Gasteiger partial charge < -0.3 is 0 Å². The van der Waals surface area contributed by atoms with Crippen molar-refractivity contribution in [2.45, 2.75) is 77.6 Å². The molecule has 3 rings (SSSR count). The van der Waals surface area contributed by atoms with Crippen molar-refractivity contribution in [2.24, 2.45) is 0 Å². The topological polar surface area (TPSA) is 0 Å². The molecule has 0 saturated carbocycles. The Kier molecular flexibility index (Phi) is 4.11. The molecule has 0 fully saturated rings. The number of hydrogen-bond donors (Lipinski definition) is 0. The molecule has 25 heavy (non-hydrogen) atoms. The summed E-state index contributed by atoms with van der Waals surface area (Å²) in [6.07, 6.45) is 0. The molecule has 0 aliphatic heterocycles. The summed E-state index contributed by atoms with van der Waals surface area (Å²) >= 11 is 0. The van der Waals surface area contributed by atoms with Crippen LogP contribution in [0.1, 0.15) is 69.3 Å². The maximum absolute atomic E-state index is 2.51. The lowest BCUT2D eigenvalue weighted by Crippen LogP contribution is -2.30. The van der Waals surface area contributed by atoms with Gasteiger partial charge in [0.25, 0.3) is 0 Å². The number of benzene rings is 2. The van der Waals surface area contributed by atoms with Gasteiger partial charge in [-0.3, -0.25) is 0 Å². The van der Waals surface area contributed by atoms with Crippen LogP contribution in [-0.4, -0.2) is 8.07 Å². The van der Waals surface area contributed by atoms with Crippen LogP contribution in [0.25, 0.3) is 11.1 Å². The summed E-state index contributed by atoms with van der Waals surface area (Å²) in [4.78, 5) is 0. The summed E-state index contributed by atoms with van der Waals surface area (Å²) in [6, 6.07) is 14.5. The van der Waals surface area contributed by atoms with E-state index >= 15 is 0 Å². The standard InChI is InChI=1S/C24H34Si/c1-23(2,3)16-10-12-18-20(14-16)21-15-17(24(4,5)6)11-13-19(21)22(18)25(7,8)9/h10-15,22H,1-9H3. The molecule has 0 saturated heterocycles. The smallest absolute Gasteiger partial charge is 0.0574 e. The molecule has 0 unspecified atom stereocenters. The van der Waals surface area contributed by atoms with Crippen LogP contribution < -0.4 is 0 Å². The SMILES string of the molecule is CC(C)(C)c1ccc2c(c1)-c1cc(C(C)(C)C)ccc1C2[Si](C)(C)C. The van der Waals surface area contributed by atoms with Crippen LogP contribution in [0.5, 0.6) is 0 Å². The van der Waals surface area contributed by atoms with Gasteiger partial charge in [0.05, 0.1) is 8.07 Å². The molecular formula is C24H34Si. The Balaban J connectivity index is 2.29. The van der Waals surface area contributed by atoms with Gasteiger partial charge in [0, 0.05) is 5.54 Å². The third-order valence-electron chi connectivity index (χ3n) is 5.62. The van der Waals surface area contributed by atoms with E-state index < -0.39 is 8.07 Å². The molecule has 0 spiro atoms. The molecule has 134 valence electrons. The van der Waals surface area contributed by atoms with Gasteiger partial charge in [0.1, 0.15) is 0 Å². The van der Waals surface area contributed by atoms with E-state index in [0.29, 0.717) is 5.54 Å². The minimum absolute atomic E-state index is 0.189. The summed E-state index contributed by atoms with van der Waals surface area (Å²) in [6.45, 7) is 21.4. The molecule has 0 N–H and O–H groups in total. The van der Waals surface area contributed by atoms with Crippen molar-refractivity contribution in [2.75, 3.05) is 0 Å². The lowest BCUT2D eigenvalue weighted by molar-refractivity contribution is 0.589. The molecule has 1 aliphatic rings. The third kappa shape index (κ3) is 3.24. The van der Waals surface area contributed by atoms with Crippen LogP contribution in [0.3, 0.4) is 0 Å². The van der Waals surface area contributed by atoms with Crippen molar-refractivity contribution in [3.05, 3.63) is 58.7 Å². The van der Waals surface area contributed by atoms with E-state index in [1.54, 1.807) is 11.1 Å². The Morgan fingerprint density at radius 1 is 0.640 bits per heavy atom. The largest absolute Gasteiger partial charge is 0.0688 e. The van der Waals surface area contributed by atoms with E-state index in [4.69, 9.17) is 0 Å². The summed E-state index contributed by atoms with van der Waals surface area (Å²) < 4.78 is 0. The van der Waals surface area contributed by atoms with Crippen molar-refractivity contribution in [1.82, 2.24) is 0 Å². The van der Waals surface area contributed by atoms with Crippen LogP contribution in [0.15, 0.2) is 36.4 Å². The highest BCUT2D eigenvalue weighted by Gasteiger charge is 2.38. The summed E-state index contributed by atoms with van der Waals surface area (Å²) in [5, 5.41) is 0. The summed E-state index contributed by atoms with van der Waals surface area (Å²) in [5.74, 6) is 0. The van der Waals surface area contributed by atoms with Crippen molar-refractivity contribution in [1.29, 1.82) is 0 Å². The van der Waals surface area contributed by atoms with Gasteiger partial charge in [-0.15, -0.1) is 0 Å². The minimum atomic E-state index is -1.35. The fourth-order valence-corrected chi connectivity index (χ4v) is 6.49. The van der Waals surface area contributed by atoms with Crippen LogP contribution >= 0.6 is 0 Å². The maximum atomic E-state index is 2.51. The second-order valence-electron chi connectivity index (χ2n) is 10.9. The first-order chi connectivity index (χ1) is 11.3. The Morgan fingerprint density at radius 2 is 1.00 bits per heavy atom. The molecule has 2 aromatic carbocycles. The van der Waals surface area contributed by atoms with Crippen molar-refractivity contribution >= 4 is 8.07 Å². The van der Waals surface area contributed by atoms with E-state index in [2.05, 4.69) is 97.6 Å². The maximum Gasteiger partial charge on any atom is 0.0574 e. The summed E-state index contributed by atoms with van der Waals surface area (Å²) in [7, 11) is -1.35. The van der Waals surface area contributed by atoms with E-state index in [0.717, 1.165) is 0 Å². The van der Waals surface area contributed by atoms with Crippen LogP contribution in [0.2, 0.25) is 19.6 Å². The first-order valence-corrected chi connectivity index (χ1v) is 13.2. The second kappa shape index (κ2) is 5.58. The molecule has 0 atom stereocenters. The fraction of sp³-hybridized carbons (Fsp3) is 0.500. The second-order valence-corrected chi connectivity index (χ2v) is 16.2. The molecule has 0 nitrogen and oxygen atoms in total. The van der Waals surface area contributed by atoms with E-state index in [9.17, 15) is 0 Å². The molecule has 0 radical (unpaired) electrons. The zero-order chi connectivity index (χ0) is 18.8. The molecule has 0 amide bonds. The molecule has 2 aromatic rings. The number of fused-ring (bicyclic) bond motifs is 3. The van der Waals surface area contributed by atoms with Gasteiger partial charge in [0.15, 0.2) is 0 Å². The molecule has 1 heteroatoms. The molecule has 1 aliphatic carbocycles. The van der Waals surface area contributed by atoms with Crippen LogP contribution in [0, 0.1) is 0 Å². The van der Waals surface area contributed by atoms with Gasteiger partial charge in [0.2, 0.25) is 0 Å². The first kappa shape index (κ1) is 18.4. The lowest BCUT2D eigenvalue weighted by Gasteiger charge is -2.28. The van der Waals surface area contributed by atoms with E-state index in [1.165, 1.54) is 22.3 Å². The Hall–Kier alpha value is -1.34. The number of hydrogen-bond acceptors (Lipinski definition) is 0. The zero-order valence-electron chi connectivity index (χ0n) is 17.5. The third-order valence-corrected chi connectivity index (χ3v) is 7.97. The fourth-order valence-electron chi connectivity index (χ4n) is 4.12. The predicted octanol–water partition coefficient (Wildman–Crippen LogP) is 7.27. The lowest BCUT2D eigenvalue weighted by atomic mass is 9.83. The highest BCUT2D eigenvalue weighted by Crippen LogP contribution is 2.50. The van der Waals surface area contributed by atoms with Crippen molar-refractivity contribution < 1.29 is 0 Å². The number of rotatable bonds is 1. The van der Waals surface area contributed by atoms with Crippen molar-refractivity contribution in [3.8, 4) is 11.1 Å². The molecule has 0 aromatic heterocycles. The molecular weight excluding hydrogens is 316 g/mol. The van der Waals surface area contributed by atoms with E-state index in [1.807, 2.05) is 0 Å². The molecule has 0 heterocycles. The van der Waals surface area contributed by atoms with Crippen LogP contribution in [0.4, 0.5) is 0 Å². The van der Waals surface area contributed by atoms with Gasteiger partial charge in [-0.05, 0) is 44.2 Å². The normalized spacial score (nSPS) is 15.2. The highest BCUT2D eigenvalue weighted by molar-refractivity contribution is 6.78. The average Bonchev–Trinajstić information content (AvgIpc) is 2.77. The quantitative estimate of drug-likeness (QED) is 0.474. The van der Waals surface area contributed by atoms with E-state index in [-0.39, 0.29) is 10.8 Å². The summed E-state index contributed by atoms with van der Waals surface area (Å²) in [5.41, 5.74) is 9.97. The van der Waals surface area contributed by atoms with Gasteiger partial charge in [-0.1, -0.05) is 97.6 Å². The highest BCUT2D eigenvalue weighted by atomic mass is 28.3. The van der Waals surface area contributed by atoms with Gasteiger partial charge in [-0.25, -0.2) is 0 Å². The predicted molar refractivity (Wildman–Crippen MR) is 114 cm³/mol. The Bertz CT molecular complexity index is 744. The van der Waals surface area contributed by atoms with Crippen LogP contribution in [-0.2, 0) is 10.8 Å². The average molecular weight is 351 g/mol. The van der Waals surface area contributed by atoms with Gasteiger partial charge in [-0.2, -0.15) is 0 Å². The monoisotopic (exact) mass is 350 g/mol. The Labute approximate surface area is 155 Å². The zero-order valence-corrected chi connectivity index (χ0v) is 18.5. The Morgan fingerprint density at radius 3 is 1.28 bits per heavy atom.